The highest BCUT2D eigenvalue weighted by Crippen LogP contribution is 2.36. The van der Waals surface area contributed by atoms with Gasteiger partial charge in [-0.2, -0.15) is 0 Å². The molecule has 2 N–H and O–H groups in total. The van der Waals surface area contributed by atoms with Crippen molar-refractivity contribution in [3.63, 3.8) is 0 Å². The SMILES string of the molecule is CN(CCOc1ccc(/C(=C(/CCCl)c2ccccc2)c2ccccc2)cc1)C(=O)CCOCCOCCOCCOCCNc1cccc2c1C(=O)N(C1CCC(=O)NC1=O)C2=O. The third-order valence-electron chi connectivity index (χ3n) is 10.7. The molecule has 64 heavy (non-hydrogen) atoms. The Bertz CT molecular complexity index is 2220. The van der Waals surface area contributed by atoms with E-state index in [2.05, 4.69) is 47.0 Å². The van der Waals surface area contributed by atoms with Gasteiger partial charge in [-0.3, -0.25) is 34.2 Å². The number of fused-ring (bicyclic) bond motifs is 1. The summed E-state index contributed by atoms with van der Waals surface area (Å²) in [5, 5.41) is 5.34. The number of amides is 5. The van der Waals surface area contributed by atoms with Crippen molar-refractivity contribution in [2.45, 2.75) is 31.7 Å². The number of halogens is 1. The van der Waals surface area contributed by atoms with Crippen LogP contribution in [0.3, 0.4) is 0 Å². The van der Waals surface area contributed by atoms with Gasteiger partial charge in [0, 0.05) is 31.6 Å². The van der Waals surface area contributed by atoms with Gasteiger partial charge in [0.15, 0.2) is 0 Å². The van der Waals surface area contributed by atoms with Gasteiger partial charge in [0.1, 0.15) is 18.4 Å². The van der Waals surface area contributed by atoms with Gasteiger partial charge in [0.05, 0.1) is 76.9 Å². The lowest BCUT2D eigenvalue weighted by Crippen LogP contribution is -2.54. The van der Waals surface area contributed by atoms with Gasteiger partial charge in [-0.1, -0.05) is 78.9 Å². The van der Waals surface area contributed by atoms with Crippen molar-refractivity contribution in [3.05, 3.63) is 131 Å². The molecule has 0 aromatic heterocycles. The number of imide groups is 2. The maximum atomic E-state index is 13.2. The van der Waals surface area contributed by atoms with E-state index in [1.807, 2.05) is 48.5 Å². The lowest BCUT2D eigenvalue weighted by molar-refractivity contribution is -0.136. The summed E-state index contributed by atoms with van der Waals surface area (Å²) < 4.78 is 28.3. The fraction of sp³-hybridized carbons (Fsp3) is 0.367. The minimum absolute atomic E-state index is 0.0369. The molecule has 1 unspecified atom stereocenters. The van der Waals surface area contributed by atoms with Crippen LogP contribution in [0.4, 0.5) is 5.69 Å². The van der Waals surface area contributed by atoms with Gasteiger partial charge in [-0.25, -0.2) is 0 Å². The maximum absolute atomic E-state index is 13.2. The van der Waals surface area contributed by atoms with Gasteiger partial charge in [0.2, 0.25) is 17.7 Å². The first-order valence-corrected chi connectivity index (χ1v) is 22.1. The first-order valence-electron chi connectivity index (χ1n) is 21.5. The predicted molar refractivity (Wildman–Crippen MR) is 243 cm³/mol. The molecule has 5 amide bonds. The third-order valence-corrected chi connectivity index (χ3v) is 10.9. The number of nitrogens with one attached hydrogen (secondary N) is 2. The molecule has 0 saturated carbocycles. The van der Waals surface area contributed by atoms with Gasteiger partial charge < -0.3 is 33.9 Å². The minimum atomic E-state index is -1.02. The molecule has 6 rings (SSSR count). The Labute approximate surface area is 378 Å². The highest BCUT2D eigenvalue weighted by atomic mass is 35.5. The normalized spacial score (nSPS) is 15.2. The first kappa shape index (κ1) is 47.6. The molecule has 0 bridgehead atoms. The van der Waals surface area contributed by atoms with E-state index in [9.17, 15) is 24.0 Å². The topological polar surface area (TPSA) is 162 Å². The Hall–Kier alpha value is -5.90. The van der Waals surface area contributed by atoms with Gasteiger partial charge in [0.25, 0.3) is 11.8 Å². The number of likely N-dealkylation sites (N-methyl/N-ethyl adjacent to an activating group) is 1. The molecule has 1 atom stereocenters. The number of nitrogens with zero attached hydrogens (tertiary/aromatic N) is 2. The zero-order valence-corrected chi connectivity index (χ0v) is 36.8. The fourth-order valence-electron chi connectivity index (χ4n) is 7.44. The van der Waals surface area contributed by atoms with Crippen LogP contribution in [-0.2, 0) is 33.3 Å². The number of hydrogen-bond donors (Lipinski definition) is 2. The summed E-state index contributed by atoms with van der Waals surface area (Å²) in [7, 11) is 1.75. The van der Waals surface area contributed by atoms with Crippen LogP contribution >= 0.6 is 11.6 Å². The van der Waals surface area contributed by atoms with Crippen LogP contribution in [0.15, 0.2) is 103 Å². The number of carbonyl (C=O) groups is 5. The van der Waals surface area contributed by atoms with Crippen LogP contribution in [0.2, 0.25) is 0 Å². The summed E-state index contributed by atoms with van der Waals surface area (Å²) in [6.45, 7) is 3.95. The number of alkyl halides is 1. The molecule has 1 saturated heterocycles. The van der Waals surface area contributed by atoms with Crippen molar-refractivity contribution in [1.29, 1.82) is 0 Å². The Morgan fingerprint density at radius 2 is 1.31 bits per heavy atom. The second-order valence-electron chi connectivity index (χ2n) is 15.0. The fourth-order valence-corrected chi connectivity index (χ4v) is 7.63. The predicted octanol–water partition coefficient (Wildman–Crippen LogP) is 6.08. The van der Waals surface area contributed by atoms with Crippen LogP contribution in [0, 0.1) is 0 Å². The van der Waals surface area contributed by atoms with E-state index >= 15 is 0 Å². The monoisotopic (exact) mass is 894 g/mol. The Morgan fingerprint density at radius 1 is 0.703 bits per heavy atom. The zero-order valence-electron chi connectivity index (χ0n) is 36.1. The molecule has 4 aromatic rings. The Kier molecular flexibility index (Phi) is 18.4. The number of ether oxygens (including phenoxy) is 5. The average molecular weight is 895 g/mol. The van der Waals surface area contributed by atoms with Crippen LogP contribution < -0.4 is 15.4 Å². The van der Waals surface area contributed by atoms with E-state index in [4.69, 9.17) is 35.3 Å². The molecule has 0 aliphatic carbocycles. The van der Waals surface area contributed by atoms with Crippen molar-refractivity contribution in [3.8, 4) is 5.75 Å². The van der Waals surface area contributed by atoms with Crippen molar-refractivity contribution in [1.82, 2.24) is 15.1 Å². The van der Waals surface area contributed by atoms with E-state index in [-0.39, 0.29) is 42.9 Å². The molecule has 0 radical (unpaired) electrons. The lowest BCUT2D eigenvalue weighted by Gasteiger charge is -2.27. The summed E-state index contributed by atoms with van der Waals surface area (Å²) >= 11 is 6.30. The Balaban J connectivity index is 0.784. The third kappa shape index (κ3) is 13.1. The lowest BCUT2D eigenvalue weighted by atomic mass is 9.88. The molecule has 15 heteroatoms. The zero-order chi connectivity index (χ0) is 45.1. The summed E-state index contributed by atoms with van der Waals surface area (Å²) in [5.41, 5.74) is 6.52. The summed E-state index contributed by atoms with van der Waals surface area (Å²) in [6, 6.07) is 32.6. The van der Waals surface area contributed by atoms with Crippen LogP contribution in [-0.4, -0.2) is 131 Å². The van der Waals surface area contributed by atoms with Crippen molar-refractivity contribution >= 4 is 58.0 Å². The summed E-state index contributed by atoms with van der Waals surface area (Å²) in [5.74, 6) is -1.01. The van der Waals surface area contributed by atoms with Crippen LogP contribution in [0.5, 0.6) is 5.75 Å². The molecule has 2 aliphatic rings. The number of anilines is 1. The first-order chi connectivity index (χ1) is 31.3. The number of piperidine rings is 1. The average Bonchev–Trinajstić information content (AvgIpc) is 3.57. The number of benzene rings is 4. The van der Waals surface area contributed by atoms with Gasteiger partial charge in [-0.15, -0.1) is 11.6 Å². The molecular formula is C49H55ClN4O10. The van der Waals surface area contributed by atoms with Crippen LogP contribution in [0.1, 0.15) is 63.1 Å². The molecular weight excluding hydrogens is 840 g/mol. The number of allylic oxidation sites excluding steroid dienone is 1. The molecule has 14 nitrogen and oxygen atoms in total. The number of rotatable bonds is 26. The van der Waals surface area contributed by atoms with E-state index in [1.165, 1.54) is 5.57 Å². The summed E-state index contributed by atoms with van der Waals surface area (Å²) in [6.07, 6.45) is 1.13. The second kappa shape index (κ2) is 24.8. The second-order valence-corrected chi connectivity index (χ2v) is 15.4. The van der Waals surface area contributed by atoms with Crippen molar-refractivity contribution in [2.75, 3.05) is 90.8 Å². The van der Waals surface area contributed by atoms with Gasteiger partial charge in [-0.05, 0) is 64.9 Å². The molecule has 2 heterocycles. The van der Waals surface area contributed by atoms with E-state index < -0.39 is 29.7 Å². The van der Waals surface area contributed by atoms with E-state index in [0.29, 0.717) is 77.5 Å². The Morgan fingerprint density at radius 3 is 1.95 bits per heavy atom. The van der Waals surface area contributed by atoms with Crippen molar-refractivity contribution < 1.29 is 47.7 Å². The highest BCUT2D eigenvalue weighted by Gasteiger charge is 2.45. The standard InChI is InChI=1S/C49H55ClN4O10/c1-53(25-28-64-38-17-15-37(16-18-38)45(36-11-6-3-7-12-36)39(21-23-50)35-9-4-2-5-10-35)44(56)22-26-60-29-31-62-33-34-63-32-30-61-27-24-51-41-14-8-13-40-46(41)49(59)54(48(40)58)42-19-20-43(55)52-47(42)57/h2-18,42,51H,19-34H2,1H3,(H,52,55,57)/b45-39-. The van der Waals surface area contributed by atoms with E-state index in [0.717, 1.165) is 39.3 Å². The molecule has 2 aliphatic heterocycles. The quantitative estimate of drug-likeness (QED) is 0.0325. The summed E-state index contributed by atoms with van der Waals surface area (Å²) in [4.78, 5) is 65.4. The largest absolute Gasteiger partial charge is 0.492 e. The molecule has 1 fully saturated rings. The number of carbonyl (C=O) groups excluding carboxylic acids is 5. The van der Waals surface area contributed by atoms with Gasteiger partial charge >= 0.3 is 0 Å². The highest BCUT2D eigenvalue weighted by molar-refractivity contribution is 6.25. The number of hydrogen-bond acceptors (Lipinski definition) is 11. The minimum Gasteiger partial charge on any atom is -0.492 e. The maximum Gasteiger partial charge on any atom is 0.264 e. The molecule has 338 valence electrons. The van der Waals surface area contributed by atoms with Crippen molar-refractivity contribution in [2.24, 2.45) is 0 Å². The van der Waals surface area contributed by atoms with Crippen LogP contribution in [0.25, 0.3) is 11.1 Å². The smallest absolute Gasteiger partial charge is 0.264 e. The molecule has 4 aromatic carbocycles. The molecule has 0 spiro atoms. The van der Waals surface area contributed by atoms with E-state index in [1.54, 1.807) is 30.1 Å².